The van der Waals surface area contributed by atoms with Gasteiger partial charge in [-0.1, -0.05) is 0 Å². The van der Waals surface area contributed by atoms with Crippen molar-refractivity contribution in [2.45, 2.75) is 12.3 Å². The number of aromatic amines is 1. The first-order valence-electron chi connectivity index (χ1n) is 5.85. The third-order valence-electron chi connectivity index (χ3n) is 3.01. The van der Waals surface area contributed by atoms with Crippen LogP contribution in [0.5, 0.6) is 0 Å². The molecule has 3 N–H and O–H groups in total. The van der Waals surface area contributed by atoms with Crippen molar-refractivity contribution in [2.75, 3.05) is 30.3 Å². The number of nitrogen functional groups attached to an aromatic ring is 1. The molecular weight excluding hydrogens is 277 g/mol. The summed E-state index contributed by atoms with van der Waals surface area (Å²) in [7, 11) is 0. The van der Waals surface area contributed by atoms with Gasteiger partial charge in [-0.2, -0.15) is 23.1 Å². The Bertz CT molecular complexity index is 627. The van der Waals surface area contributed by atoms with Crippen LogP contribution in [0, 0.1) is 0 Å². The van der Waals surface area contributed by atoms with Crippen molar-refractivity contribution in [3.63, 3.8) is 0 Å². The van der Waals surface area contributed by atoms with E-state index in [4.69, 9.17) is 10.5 Å². The smallest absolute Gasteiger partial charge is 0.368 e. The first kappa shape index (κ1) is 12.9. The maximum atomic E-state index is 12.7. The van der Waals surface area contributed by atoms with Gasteiger partial charge in [-0.05, 0) is 0 Å². The fourth-order valence-corrected chi connectivity index (χ4v) is 2.10. The topological polar surface area (TPSA) is 92.9 Å². The van der Waals surface area contributed by atoms with Crippen molar-refractivity contribution in [3.8, 4) is 0 Å². The van der Waals surface area contributed by atoms with Crippen LogP contribution in [0.3, 0.4) is 0 Å². The number of anilines is 2. The Morgan fingerprint density at radius 3 is 2.95 bits per heavy atom. The van der Waals surface area contributed by atoms with Crippen molar-refractivity contribution in [1.82, 2.24) is 19.9 Å². The summed E-state index contributed by atoms with van der Waals surface area (Å²) in [6.07, 6.45) is -4.86. The molecule has 1 fully saturated rings. The van der Waals surface area contributed by atoms with Gasteiger partial charge >= 0.3 is 6.18 Å². The van der Waals surface area contributed by atoms with Crippen molar-refractivity contribution < 1.29 is 17.9 Å². The molecule has 1 atom stereocenters. The van der Waals surface area contributed by atoms with Gasteiger partial charge in [-0.3, -0.25) is 0 Å². The fourth-order valence-electron chi connectivity index (χ4n) is 2.10. The molecule has 3 heterocycles. The van der Waals surface area contributed by atoms with Crippen molar-refractivity contribution in [3.05, 3.63) is 6.33 Å². The number of hydrogen-bond donors (Lipinski definition) is 2. The Morgan fingerprint density at radius 2 is 2.20 bits per heavy atom. The minimum Gasteiger partial charge on any atom is -0.368 e. The number of aromatic nitrogens is 4. The van der Waals surface area contributed by atoms with Gasteiger partial charge in [0.05, 0.1) is 19.5 Å². The highest BCUT2D eigenvalue weighted by Crippen LogP contribution is 2.29. The van der Waals surface area contributed by atoms with Crippen molar-refractivity contribution in [2.24, 2.45) is 0 Å². The Balaban J connectivity index is 1.96. The van der Waals surface area contributed by atoms with E-state index in [9.17, 15) is 13.2 Å². The molecule has 1 unspecified atom stereocenters. The number of alkyl halides is 3. The first-order chi connectivity index (χ1) is 9.45. The highest BCUT2D eigenvalue weighted by atomic mass is 19.4. The van der Waals surface area contributed by atoms with Crippen LogP contribution < -0.4 is 10.6 Å². The number of imidazole rings is 1. The lowest BCUT2D eigenvalue weighted by atomic mass is 10.2. The molecule has 0 aliphatic carbocycles. The predicted molar refractivity (Wildman–Crippen MR) is 64.1 cm³/mol. The molecule has 0 aromatic carbocycles. The molecule has 3 rings (SSSR count). The standard InChI is InChI=1S/C10H11F3N6O/c11-10(12,13)5-3-19(1-2-20-5)8-6-7(16-4-15-6)17-9(14)18-8/h4-5H,1-3H2,(H3,14,15,16,17,18). The number of nitrogens with one attached hydrogen (secondary N) is 1. The van der Waals surface area contributed by atoms with Crippen LogP contribution in [0.2, 0.25) is 0 Å². The summed E-state index contributed by atoms with van der Waals surface area (Å²) in [6, 6.07) is 0. The summed E-state index contributed by atoms with van der Waals surface area (Å²) >= 11 is 0. The molecule has 108 valence electrons. The lowest BCUT2D eigenvalue weighted by Gasteiger charge is -2.34. The van der Waals surface area contributed by atoms with Gasteiger partial charge in [0.15, 0.2) is 17.6 Å². The van der Waals surface area contributed by atoms with Gasteiger partial charge in [0.2, 0.25) is 5.95 Å². The van der Waals surface area contributed by atoms with Crippen LogP contribution in [0.15, 0.2) is 6.33 Å². The zero-order valence-electron chi connectivity index (χ0n) is 10.2. The molecule has 2 aromatic heterocycles. The van der Waals surface area contributed by atoms with Gasteiger partial charge in [-0.25, -0.2) is 4.98 Å². The quantitative estimate of drug-likeness (QED) is 0.802. The second kappa shape index (κ2) is 4.47. The van der Waals surface area contributed by atoms with Crippen LogP contribution in [-0.4, -0.2) is 51.9 Å². The molecule has 2 aromatic rings. The lowest BCUT2D eigenvalue weighted by Crippen LogP contribution is -2.49. The SMILES string of the molecule is Nc1nc(N2CCOC(C(F)(F)F)C2)c2[nH]cnc2n1. The molecular formula is C10H11F3N6O. The Kier molecular flexibility index (Phi) is 2.89. The van der Waals surface area contributed by atoms with Crippen LogP contribution in [-0.2, 0) is 4.74 Å². The zero-order valence-corrected chi connectivity index (χ0v) is 10.2. The van der Waals surface area contributed by atoms with Crippen molar-refractivity contribution >= 4 is 22.9 Å². The number of ether oxygens (including phenoxy) is 1. The predicted octanol–water partition coefficient (Wildman–Crippen LogP) is 0.703. The fraction of sp³-hybridized carbons (Fsp3) is 0.500. The Hall–Kier alpha value is -2.10. The number of nitrogens with two attached hydrogens (primary N) is 1. The van der Waals surface area contributed by atoms with E-state index in [0.717, 1.165) is 0 Å². The highest BCUT2D eigenvalue weighted by Gasteiger charge is 2.44. The second-order valence-corrected chi connectivity index (χ2v) is 4.35. The molecule has 20 heavy (non-hydrogen) atoms. The molecule has 10 heteroatoms. The summed E-state index contributed by atoms with van der Waals surface area (Å²) in [5.74, 6) is 0.275. The molecule has 0 radical (unpaired) electrons. The summed E-state index contributed by atoms with van der Waals surface area (Å²) in [5.41, 5.74) is 6.34. The van der Waals surface area contributed by atoms with E-state index in [2.05, 4.69) is 19.9 Å². The Morgan fingerprint density at radius 1 is 1.40 bits per heavy atom. The van der Waals surface area contributed by atoms with E-state index in [-0.39, 0.29) is 25.6 Å². The van der Waals surface area contributed by atoms with Gasteiger partial charge in [0.1, 0.15) is 5.52 Å². The molecule has 0 saturated carbocycles. The Labute approximate surface area is 111 Å². The van der Waals surface area contributed by atoms with E-state index in [0.29, 0.717) is 17.0 Å². The van der Waals surface area contributed by atoms with E-state index in [1.54, 1.807) is 0 Å². The van der Waals surface area contributed by atoms with E-state index < -0.39 is 12.3 Å². The molecule has 0 spiro atoms. The van der Waals surface area contributed by atoms with Crippen LogP contribution in [0.4, 0.5) is 24.9 Å². The monoisotopic (exact) mass is 288 g/mol. The maximum Gasteiger partial charge on any atom is 0.416 e. The largest absolute Gasteiger partial charge is 0.416 e. The summed E-state index contributed by atoms with van der Waals surface area (Å²) in [5, 5.41) is 0. The molecule has 1 saturated heterocycles. The van der Waals surface area contributed by atoms with Gasteiger partial charge < -0.3 is 20.4 Å². The number of rotatable bonds is 1. The molecule has 0 amide bonds. The average Bonchev–Trinajstić information content (AvgIpc) is 2.85. The van der Waals surface area contributed by atoms with E-state index >= 15 is 0 Å². The number of nitrogens with zero attached hydrogens (tertiary/aromatic N) is 4. The normalized spacial score (nSPS) is 20.6. The molecule has 1 aliphatic rings. The van der Waals surface area contributed by atoms with E-state index in [1.165, 1.54) is 11.2 Å². The lowest BCUT2D eigenvalue weighted by molar-refractivity contribution is -0.221. The molecule has 7 nitrogen and oxygen atoms in total. The number of fused-ring (bicyclic) bond motifs is 1. The number of morpholine rings is 1. The maximum absolute atomic E-state index is 12.7. The van der Waals surface area contributed by atoms with Crippen LogP contribution in [0.25, 0.3) is 11.2 Å². The van der Waals surface area contributed by atoms with Gasteiger partial charge in [-0.15, -0.1) is 0 Å². The summed E-state index contributed by atoms with van der Waals surface area (Å²) in [4.78, 5) is 16.1. The van der Waals surface area contributed by atoms with E-state index in [1.807, 2.05) is 0 Å². The van der Waals surface area contributed by atoms with Crippen LogP contribution in [0.1, 0.15) is 0 Å². The first-order valence-corrected chi connectivity index (χ1v) is 5.85. The van der Waals surface area contributed by atoms with Crippen molar-refractivity contribution in [1.29, 1.82) is 0 Å². The number of hydrogen-bond acceptors (Lipinski definition) is 6. The minimum absolute atomic E-state index is 0.0327. The highest BCUT2D eigenvalue weighted by molar-refractivity contribution is 5.84. The third-order valence-corrected chi connectivity index (χ3v) is 3.01. The summed E-state index contributed by atoms with van der Waals surface area (Å²) in [6.45, 7) is -0.0884. The zero-order chi connectivity index (χ0) is 14.3. The third kappa shape index (κ3) is 2.22. The van der Waals surface area contributed by atoms with Gasteiger partial charge in [0.25, 0.3) is 0 Å². The molecule has 0 bridgehead atoms. The summed E-state index contributed by atoms with van der Waals surface area (Å²) < 4.78 is 43.0. The van der Waals surface area contributed by atoms with Gasteiger partial charge in [0, 0.05) is 6.54 Å². The van der Waals surface area contributed by atoms with Crippen LogP contribution >= 0.6 is 0 Å². The average molecular weight is 288 g/mol. The second-order valence-electron chi connectivity index (χ2n) is 4.35. The number of halogens is 3. The molecule has 1 aliphatic heterocycles. The number of H-pyrrole nitrogens is 1. The minimum atomic E-state index is -4.41.